The zero-order chi connectivity index (χ0) is 16.0. The highest BCUT2D eigenvalue weighted by molar-refractivity contribution is 5.94. The summed E-state index contributed by atoms with van der Waals surface area (Å²) in [4.78, 5) is 34.1. The van der Waals surface area contributed by atoms with Crippen LogP contribution in [0.1, 0.15) is 19.8 Å². The lowest BCUT2D eigenvalue weighted by atomic mass is 10.2. The molecule has 0 aliphatic carbocycles. The summed E-state index contributed by atoms with van der Waals surface area (Å²) in [5.74, 6) is -1.28. The van der Waals surface area contributed by atoms with Gasteiger partial charge < -0.3 is 14.7 Å². The van der Waals surface area contributed by atoms with Gasteiger partial charge in [-0.1, -0.05) is 6.92 Å². The highest BCUT2D eigenvalue weighted by atomic mass is 16.6. The first-order valence-corrected chi connectivity index (χ1v) is 6.25. The molecule has 21 heavy (non-hydrogen) atoms. The molecule has 0 aliphatic rings. The number of carboxylic acid groups (broad SMARTS) is 1. The van der Waals surface area contributed by atoms with Crippen molar-refractivity contribution in [2.24, 2.45) is 0 Å². The number of amides is 1. The topological polar surface area (TPSA) is 110 Å². The number of carboxylic acids is 1. The Kier molecular flexibility index (Phi) is 5.65. The fourth-order valence-electron chi connectivity index (χ4n) is 1.79. The minimum atomic E-state index is -1.05. The maximum atomic E-state index is 11.9. The fraction of sp³-hybridized carbons (Fsp3) is 0.385. The van der Waals surface area contributed by atoms with Gasteiger partial charge in [-0.05, 0) is 12.1 Å². The molecule has 8 nitrogen and oxygen atoms in total. The number of nitro benzene ring substituents is 1. The van der Waals surface area contributed by atoms with Crippen LogP contribution in [-0.2, 0) is 9.59 Å². The van der Waals surface area contributed by atoms with Crippen LogP contribution in [-0.4, -0.2) is 35.6 Å². The molecule has 0 aliphatic heterocycles. The number of nitrogens with zero attached hydrogens (tertiary/aromatic N) is 2. The second-order valence-electron chi connectivity index (χ2n) is 4.16. The SMILES string of the molecule is CCC(=O)N(CCC(=O)O)c1ccc(OC)c([N+](=O)[O-])c1. The molecule has 1 aromatic rings. The van der Waals surface area contributed by atoms with E-state index in [-0.39, 0.29) is 42.4 Å². The molecule has 1 rings (SSSR count). The zero-order valence-corrected chi connectivity index (χ0v) is 11.7. The van der Waals surface area contributed by atoms with Crippen LogP contribution in [0.25, 0.3) is 0 Å². The van der Waals surface area contributed by atoms with Gasteiger partial charge in [-0.2, -0.15) is 0 Å². The number of aliphatic carboxylic acids is 1. The molecule has 0 atom stereocenters. The summed E-state index contributed by atoms with van der Waals surface area (Å²) in [7, 11) is 1.31. The Morgan fingerprint density at radius 3 is 2.57 bits per heavy atom. The predicted molar refractivity (Wildman–Crippen MR) is 74.5 cm³/mol. The second kappa shape index (κ2) is 7.22. The van der Waals surface area contributed by atoms with E-state index in [0.717, 1.165) is 0 Å². The number of carbonyl (C=O) groups is 2. The van der Waals surface area contributed by atoms with Crippen LogP contribution in [0.3, 0.4) is 0 Å². The van der Waals surface area contributed by atoms with E-state index in [1.54, 1.807) is 6.92 Å². The number of nitro groups is 1. The Hall–Kier alpha value is -2.64. The second-order valence-corrected chi connectivity index (χ2v) is 4.16. The number of methoxy groups -OCH3 is 1. The average Bonchev–Trinajstić information content (AvgIpc) is 2.46. The van der Waals surface area contributed by atoms with E-state index in [4.69, 9.17) is 9.84 Å². The average molecular weight is 296 g/mol. The number of benzene rings is 1. The number of hydrogen-bond donors (Lipinski definition) is 1. The van der Waals surface area contributed by atoms with Gasteiger partial charge in [0.1, 0.15) is 0 Å². The quantitative estimate of drug-likeness (QED) is 0.607. The van der Waals surface area contributed by atoms with Gasteiger partial charge in [0, 0.05) is 19.0 Å². The van der Waals surface area contributed by atoms with Gasteiger partial charge in [0.25, 0.3) is 0 Å². The first-order valence-electron chi connectivity index (χ1n) is 6.25. The standard InChI is InChI=1S/C13H16N2O6/c1-3-12(16)14(7-6-13(17)18)9-4-5-11(21-2)10(8-9)15(19)20/h4-5,8H,3,6-7H2,1-2H3,(H,17,18). The largest absolute Gasteiger partial charge is 0.490 e. The number of carbonyl (C=O) groups excluding carboxylic acids is 1. The van der Waals surface area contributed by atoms with Gasteiger partial charge in [-0.15, -0.1) is 0 Å². The van der Waals surface area contributed by atoms with Gasteiger partial charge in [-0.25, -0.2) is 0 Å². The minimum absolute atomic E-state index is 0.0501. The molecule has 0 radical (unpaired) electrons. The molecule has 0 bridgehead atoms. The maximum Gasteiger partial charge on any atom is 0.312 e. The summed E-state index contributed by atoms with van der Waals surface area (Å²) in [6.45, 7) is 1.58. The fourth-order valence-corrected chi connectivity index (χ4v) is 1.79. The van der Waals surface area contributed by atoms with Crippen molar-refractivity contribution < 1.29 is 24.4 Å². The van der Waals surface area contributed by atoms with Crippen LogP contribution in [0.15, 0.2) is 18.2 Å². The third kappa shape index (κ3) is 4.16. The Balaban J connectivity index is 3.18. The number of ether oxygens (including phenoxy) is 1. The van der Waals surface area contributed by atoms with Crippen LogP contribution >= 0.6 is 0 Å². The van der Waals surface area contributed by atoms with E-state index in [1.807, 2.05) is 0 Å². The molecular formula is C13H16N2O6. The number of rotatable bonds is 7. The van der Waals surface area contributed by atoms with Crippen molar-refractivity contribution in [2.75, 3.05) is 18.6 Å². The highest BCUT2D eigenvalue weighted by Crippen LogP contribution is 2.31. The van der Waals surface area contributed by atoms with Gasteiger partial charge in [0.05, 0.1) is 24.1 Å². The zero-order valence-electron chi connectivity index (χ0n) is 11.7. The molecule has 0 saturated heterocycles. The van der Waals surface area contributed by atoms with Crippen LogP contribution in [0.5, 0.6) is 5.75 Å². The first kappa shape index (κ1) is 16.4. The van der Waals surface area contributed by atoms with Gasteiger partial charge in [0.2, 0.25) is 5.91 Å². The van der Waals surface area contributed by atoms with Crippen LogP contribution in [0, 0.1) is 10.1 Å². The van der Waals surface area contributed by atoms with Crippen molar-refractivity contribution in [3.8, 4) is 5.75 Å². The highest BCUT2D eigenvalue weighted by Gasteiger charge is 2.21. The Labute approximate surface area is 121 Å². The van der Waals surface area contributed by atoms with E-state index in [2.05, 4.69) is 0 Å². The van der Waals surface area contributed by atoms with Crippen molar-refractivity contribution in [1.29, 1.82) is 0 Å². The third-order valence-corrected chi connectivity index (χ3v) is 2.82. The third-order valence-electron chi connectivity index (χ3n) is 2.82. The number of hydrogen-bond acceptors (Lipinski definition) is 5. The minimum Gasteiger partial charge on any atom is -0.490 e. The van der Waals surface area contributed by atoms with E-state index in [9.17, 15) is 19.7 Å². The van der Waals surface area contributed by atoms with Gasteiger partial charge in [-0.3, -0.25) is 19.7 Å². The van der Waals surface area contributed by atoms with Gasteiger partial charge >= 0.3 is 11.7 Å². The molecule has 0 heterocycles. The molecule has 114 valence electrons. The first-order chi connectivity index (χ1) is 9.90. The summed E-state index contributed by atoms with van der Waals surface area (Å²) in [6, 6.07) is 4.07. The summed E-state index contributed by atoms with van der Waals surface area (Å²) in [6.07, 6.45) is -0.0784. The lowest BCUT2D eigenvalue weighted by Crippen LogP contribution is -2.32. The number of anilines is 1. The van der Waals surface area contributed by atoms with Crippen molar-refractivity contribution in [3.63, 3.8) is 0 Å². The maximum absolute atomic E-state index is 11.9. The lowest BCUT2D eigenvalue weighted by molar-refractivity contribution is -0.385. The smallest absolute Gasteiger partial charge is 0.312 e. The Morgan fingerprint density at radius 1 is 1.43 bits per heavy atom. The van der Waals surface area contributed by atoms with Crippen molar-refractivity contribution in [2.45, 2.75) is 19.8 Å². The lowest BCUT2D eigenvalue weighted by Gasteiger charge is -2.21. The molecule has 1 aromatic carbocycles. The molecule has 0 saturated carbocycles. The molecule has 0 aromatic heterocycles. The molecule has 1 amide bonds. The summed E-state index contributed by atoms with van der Waals surface area (Å²) >= 11 is 0. The van der Waals surface area contributed by atoms with Crippen LogP contribution < -0.4 is 9.64 Å². The molecule has 0 unspecified atom stereocenters. The van der Waals surface area contributed by atoms with E-state index >= 15 is 0 Å². The van der Waals surface area contributed by atoms with Crippen molar-refractivity contribution in [3.05, 3.63) is 28.3 Å². The van der Waals surface area contributed by atoms with E-state index in [1.165, 1.54) is 30.2 Å². The van der Waals surface area contributed by atoms with E-state index < -0.39 is 10.9 Å². The molecule has 0 spiro atoms. The van der Waals surface area contributed by atoms with Crippen LogP contribution in [0.4, 0.5) is 11.4 Å². The normalized spacial score (nSPS) is 10.0. The summed E-state index contributed by atoms with van der Waals surface area (Å²) < 4.78 is 4.89. The summed E-state index contributed by atoms with van der Waals surface area (Å²) in [5, 5.41) is 19.7. The molecular weight excluding hydrogens is 280 g/mol. The molecule has 0 fully saturated rings. The van der Waals surface area contributed by atoms with E-state index in [0.29, 0.717) is 0 Å². The van der Waals surface area contributed by atoms with Crippen molar-refractivity contribution in [1.82, 2.24) is 0 Å². The molecule has 1 N–H and O–H groups in total. The summed E-state index contributed by atoms with van der Waals surface area (Å²) in [5.41, 5.74) is -0.00479. The Morgan fingerprint density at radius 2 is 2.10 bits per heavy atom. The van der Waals surface area contributed by atoms with Gasteiger partial charge in [0.15, 0.2) is 5.75 Å². The predicted octanol–water partition coefficient (Wildman–Crippen LogP) is 1.82. The monoisotopic (exact) mass is 296 g/mol. The molecule has 8 heteroatoms. The Bertz CT molecular complexity index is 558. The van der Waals surface area contributed by atoms with Crippen LogP contribution in [0.2, 0.25) is 0 Å². The van der Waals surface area contributed by atoms with Crippen molar-refractivity contribution >= 4 is 23.3 Å².